The van der Waals surface area contributed by atoms with Gasteiger partial charge in [-0.05, 0) is 34.9 Å². The normalized spacial score (nSPS) is 18.9. The molecule has 0 saturated carbocycles. The first-order valence-electron chi connectivity index (χ1n) is 12.7. The van der Waals surface area contributed by atoms with Crippen LogP contribution in [0.1, 0.15) is 51.4 Å². The molecule has 0 bridgehead atoms. The Balaban J connectivity index is 1.28. The van der Waals surface area contributed by atoms with E-state index in [9.17, 15) is 15.1 Å². The van der Waals surface area contributed by atoms with E-state index in [2.05, 4.69) is 10.3 Å². The summed E-state index contributed by atoms with van der Waals surface area (Å²) in [7, 11) is 0. The molecule has 2 aromatic carbocycles. The Morgan fingerprint density at radius 2 is 1.77 bits per heavy atom. The number of aliphatic hydroxyl groups excluding tert-OH is 1. The van der Waals surface area contributed by atoms with E-state index in [0.717, 1.165) is 27.0 Å². The fourth-order valence-corrected chi connectivity index (χ4v) is 5.23. The van der Waals surface area contributed by atoms with Gasteiger partial charge in [0.1, 0.15) is 0 Å². The second-order valence-electron chi connectivity index (χ2n) is 9.19. The Labute approximate surface area is 231 Å². The maximum atomic E-state index is 12.3. The van der Waals surface area contributed by atoms with Gasteiger partial charge in [-0.25, -0.2) is 0 Å². The number of aromatic nitrogens is 2. The highest BCUT2D eigenvalue weighted by molar-refractivity contribution is 7.99. The van der Waals surface area contributed by atoms with E-state index < -0.39 is 6.29 Å². The lowest BCUT2D eigenvalue weighted by atomic mass is 10.0. The molecule has 0 unspecified atom stereocenters. The molecule has 0 radical (unpaired) electrons. The van der Waals surface area contributed by atoms with Crippen molar-refractivity contribution >= 4 is 17.7 Å². The summed E-state index contributed by atoms with van der Waals surface area (Å²) in [6, 6.07) is 24.3. The summed E-state index contributed by atoms with van der Waals surface area (Å²) in [5.41, 5.74) is 4.16. The number of carbonyl (C=O) groups is 1. The lowest BCUT2D eigenvalue weighted by molar-refractivity contribution is -0.645. The number of amides is 1. The number of nitrogens with one attached hydrogen (secondary N) is 1. The summed E-state index contributed by atoms with van der Waals surface area (Å²) >= 11 is 1.46. The summed E-state index contributed by atoms with van der Waals surface area (Å²) in [4.78, 5) is 16.3. The van der Waals surface area contributed by atoms with Crippen molar-refractivity contribution in [2.45, 2.75) is 43.1 Å². The summed E-state index contributed by atoms with van der Waals surface area (Å²) < 4.78 is 13.6. The first kappa shape index (κ1) is 26.8. The lowest BCUT2D eigenvalue weighted by Gasteiger charge is -2.36. The monoisotopic (exact) mass is 543 g/mol. The van der Waals surface area contributed by atoms with Crippen LogP contribution in [-0.4, -0.2) is 27.9 Å². The van der Waals surface area contributed by atoms with Crippen molar-refractivity contribution in [3.8, 4) is 0 Å². The number of rotatable bonds is 9. The number of hydrogen-bond donors (Lipinski definition) is 2. The van der Waals surface area contributed by atoms with Crippen molar-refractivity contribution in [2.24, 2.45) is 0 Å². The highest BCUT2D eigenvalue weighted by Crippen LogP contribution is 2.39. The molecule has 1 amide bonds. The summed E-state index contributed by atoms with van der Waals surface area (Å²) in [6.07, 6.45) is 4.32. The maximum absolute atomic E-state index is 12.3. The molecule has 3 atom stereocenters. The van der Waals surface area contributed by atoms with Gasteiger partial charge in [-0.15, -0.1) is 0 Å². The Morgan fingerprint density at radius 1 is 1.00 bits per heavy atom. The minimum atomic E-state index is -0.596. The predicted molar refractivity (Wildman–Crippen MR) is 146 cm³/mol. The molecule has 5 rings (SSSR count). The molecule has 0 aliphatic carbocycles. The highest BCUT2D eigenvalue weighted by atomic mass is 32.2. The van der Waals surface area contributed by atoms with Crippen LogP contribution in [0.15, 0.2) is 102 Å². The Hall–Kier alpha value is -3.76. The number of hydrogen-bond acceptors (Lipinski definition) is 7. The van der Waals surface area contributed by atoms with Crippen molar-refractivity contribution in [2.75, 3.05) is 5.75 Å². The fourth-order valence-electron chi connectivity index (χ4n) is 4.30. The number of pyridine rings is 2. The largest absolute Gasteiger partial charge is 0.618 e. The van der Waals surface area contributed by atoms with Crippen molar-refractivity contribution in [3.05, 3.63) is 130 Å². The van der Waals surface area contributed by atoms with Gasteiger partial charge in [0.05, 0.1) is 24.4 Å². The molecular formula is C30H29N3O5S. The number of nitrogens with zero attached hydrogens (tertiary/aromatic N) is 2. The van der Waals surface area contributed by atoms with Crippen LogP contribution >= 0.6 is 11.8 Å². The topological polar surface area (TPSA) is 108 Å². The number of aliphatic hydroxyl groups is 1. The predicted octanol–water partition coefficient (Wildman–Crippen LogP) is 4.48. The Kier molecular flexibility index (Phi) is 8.85. The summed E-state index contributed by atoms with van der Waals surface area (Å²) in [5, 5.41) is 25.0. The average Bonchev–Trinajstić information content (AvgIpc) is 3.00. The summed E-state index contributed by atoms with van der Waals surface area (Å²) in [5.74, 6) is 0.412. The van der Waals surface area contributed by atoms with Crippen molar-refractivity contribution < 1.29 is 24.1 Å². The van der Waals surface area contributed by atoms with Crippen molar-refractivity contribution in [3.63, 3.8) is 0 Å². The molecule has 1 aliphatic heterocycles. The number of thioether (sulfide) groups is 1. The van der Waals surface area contributed by atoms with Gasteiger partial charge in [0.2, 0.25) is 0 Å². The van der Waals surface area contributed by atoms with E-state index in [1.807, 2.05) is 54.6 Å². The van der Waals surface area contributed by atoms with Crippen molar-refractivity contribution in [1.82, 2.24) is 10.3 Å². The molecule has 4 aromatic rings. The average molecular weight is 544 g/mol. The van der Waals surface area contributed by atoms with Crippen LogP contribution in [0.5, 0.6) is 0 Å². The third-order valence-electron chi connectivity index (χ3n) is 6.45. The minimum absolute atomic E-state index is 0.0158. The molecule has 1 aliphatic rings. The van der Waals surface area contributed by atoms with Gasteiger partial charge in [0.15, 0.2) is 12.5 Å². The molecule has 0 spiro atoms. The summed E-state index contributed by atoms with van der Waals surface area (Å²) in [6.45, 7) is 0.365. The first-order valence-corrected chi connectivity index (χ1v) is 13.7. The lowest BCUT2D eigenvalue weighted by Crippen LogP contribution is -2.32. The van der Waals surface area contributed by atoms with E-state index in [0.29, 0.717) is 29.3 Å². The zero-order valence-corrected chi connectivity index (χ0v) is 22.0. The molecule has 3 heterocycles. The van der Waals surface area contributed by atoms with Gasteiger partial charge in [-0.3, -0.25) is 9.78 Å². The van der Waals surface area contributed by atoms with E-state index in [-0.39, 0.29) is 24.7 Å². The molecule has 39 heavy (non-hydrogen) atoms. The van der Waals surface area contributed by atoms with Crippen LogP contribution in [-0.2, 0) is 22.6 Å². The molecular weight excluding hydrogens is 514 g/mol. The molecule has 9 heteroatoms. The first-order chi connectivity index (χ1) is 19.1. The van der Waals surface area contributed by atoms with Crippen LogP contribution in [0, 0.1) is 5.21 Å². The zero-order valence-electron chi connectivity index (χ0n) is 21.2. The molecule has 1 fully saturated rings. The second-order valence-corrected chi connectivity index (χ2v) is 10.2. The standard InChI is InChI=1S/C30H29N3O5S/c34-19-22-8-10-23(11-9-22)27-16-26(20-39-28-5-1-2-15-33(28)36)37-30(38-27)24-12-6-21(7-13-24)17-32-29(35)25-4-3-14-31-18-25/h1-15,18,26-27,30,34H,16-17,19-20H2,(H,32,35)/t26-,27+,30+/m0/s1. The highest BCUT2D eigenvalue weighted by Gasteiger charge is 2.32. The molecule has 1 saturated heterocycles. The SMILES string of the molecule is O=C(NCc1ccc([C@@H]2O[C@H](CSc3cccc[n+]3[O-])C[C@H](c3ccc(CO)cc3)O2)cc1)c1cccnc1. The third-order valence-corrected chi connectivity index (χ3v) is 7.60. The maximum Gasteiger partial charge on any atom is 0.253 e. The van der Waals surface area contributed by atoms with Gasteiger partial charge in [0.25, 0.3) is 10.9 Å². The molecule has 2 N–H and O–H groups in total. The smallest absolute Gasteiger partial charge is 0.253 e. The van der Waals surface area contributed by atoms with Crippen molar-refractivity contribution in [1.29, 1.82) is 0 Å². The zero-order chi connectivity index (χ0) is 27.0. The molecule has 2 aromatic heterocycles. The Bertz CT molecular complexity index is 1370. The van der Waals surface area contributed by atoms with Crippen LogP contribution < -0.4 is 10.0 Å². The number of carbonyl (C=O) groups excluding carboxylic acids is 1. The fraction of sp³-hybridized carbons (Fsp3) is 0.233. The van der Waals surface area contributed by atoms with E-state index in [1.165, 1.54) is 24.2 Å². The Morgan fingerprint density at radius 3 is 2.49 bits per heavy atom. The van der Waals surface area contributed by atoms with Gasteiger partial charge >= 0.3 is 0 Å². The molecule has 200 valence electrons. The van der Waals surface area contributed by atoms with Gasteiger partial charge in [-0.1, -0.05) is 60.3 Å². The van der Waals surface area contributed by atoms with Crippen LogP contribution in [0.2, 0.25) is 0 Å². The van der Waals surface area contributed by atoms with E-state index in [4.69, 9.17) is 9.47 Å². The van der Waals surface area contributed by atoms with Crippen LogP contribution in [0.25, 0.3) is 0 Å². The van der Waals surface area contributed by atoms with Crippen LogP contribution in [0.3, 0.4) is 0 Å². The quantitative estimate of drug-likeness (QED) is 0.182. The third kappa shape index (κ3) is 7.01. The van der Waals surface area contributed by atoms with Gasteiger partial charge in [0, 0.05) is 48.8 Å². The van der Waals surface area contributed by atoms with Gasteiger partial charge < -0.3 is 25.1 Å². The van der Waals surface area contributed by atoms with Gasteiger partial charge in [-0.2, -0.15) is 4.73 Å². The minimum Gasteiger partial charge on any atom is -0.618 e. The number of benzene rings is 2. The van der Waals surface area contributed by atoms with Crippen LogP contribution in [0.4, 0.5) is 0 Å². The van der Waals surface area contributed by atoms with E-state index >= 15 is 0 Å². The number of ether oxygens (including phenoxy) is 2. The second kappa shape index (κ2) is 12.9. The molecule has 8 nitrogen and oxygen atoms in total. The van der Waals surface area contributed by atoms with E-state index in [1.54, 1.807) is 30.5 Å².